The zero-order valence-corrected chi connectivity index (χ0v) is 23.2. The third-order valence-corrected chi connectivity index (χ3v) is 12.8. The fourth-order valence-electron chi connectivity index (χ4n) is 11.1. The van der Waals surface area contributed by atoms with Gasteiger partial charge in [-0.1, -0.05) is 13.8 Å². The van der Waals surface area contributed by atoms with E-state index < -0.39 is 93.1 Å². The molecule has 7 heterocycles. The number of fused-ring (bicyclic) bond motifs is 2. The first kappa shape index (κ1) is 24.7. The Balaban J connectivity index is 1.25. The van der Waals surface area contributed by atoms with Crippen LogP contribution in [0.3, 0.4) is 0 Å². The molecule has 9 rings (SSSR count). The van der Waals surface area contributed by atoms with Gasteiger partial charge < -0.3 is 33.5 Å². The Bertz CT molecular complexity index is 1350. The van der Waals surface area contributed by atoms with Crippen molar-refractivity contribution < 1.29 is 52.7 Å². The van der Waals surface area contributed by atoms with Gasteiger partial charge >= 0.3 is 11.9 Å². The monoisotopic (exact) mass is 558 g/mol. The predicted molar refractivity (Wildman–Crippen MR) is 128 cm³/mol. The lowest BCUT2D eigenvalue weighted by Crippen LogP contribution is -2.66. The number of carbonyl (C=O) groups is 4. The quantitative estimate of drug-likeness (QED) is 0.332. The molecule has 9 aliphatic rings. The Kier molecular flexibility index (Phi) is 3.92. The molecule has 0 radical (unpaired) electrons. The van der Waals surface area contributed by atoms with Crippen molar-refractivity contribution in [3.8, 4) is 0 Å². The van der Waals surface area contributed by atoms with E-state index in [4.69, 9.17) is 28.4 Å². The molecule has 7 saturated heterocycles. The first-order valence-electron chi connectivity index (χ1n) is 14.6. The molecule has 2 saturated carbocycles. The van der Waals surface area contributed by atoms with Gasteiger partial charge in [-0.25, -0.2) is 4.79 Å². The highest BCUT2D eigenvalue weighted by Crippen LogP contribution is 2.76. The molecule has 0 amide bonds. The van der Waals surface area contributed by atoms with E-state index in [1.165, 1.54) is 6.92 Å². The maximum absolute atomic E-state index is 15.0. The highest BCUT2D eigenvalue weighted by atomic mass is 16.8. The Morgan fingerprint density at radius 1 is 0.950 bits per heavy atom. The van der Waals surface area contributed by atoms with Crippen molar-refractivity contribution in [2.45, 2.75) is 125 Å². The number of ketones is 2. The number of epoxide rings is 1. The highest BCUT2D eigenvalue weighted by Gasteiger charge is 2.93. The Morgan fingerprint density at radius 3 is 2.45 bits per heavy atom. The second kappa shape index (κ2) is 6.37. The van der Waals surface area contributed by atoms with Gasteiger partial charge in [0.05, 0.1) is 18.1 Å². The van der Waals surface area contributed by atoms with Crippen molar-refractivity contribution in [1.82, 2.24) is 0 Å². The molecule has 0 unspecified atom stereocenters. The van der Waals surface area contributed by atoms with Gasteiger partial charge in [-0.3, -0.25) is 14.4 Å². The molecule has 216 valence electrons. The summed E-state index contributed by atoms with van der Waals surface area (Å²) in [5, 5.41) is 11.2. The van der Waals surface area contributed by atoms with Gasteiger partial charge in [0.15, 0.2) is 11.2 Å². The fourth-order valence-corrected chi connectivity index (χ4v) is 11.1. The first-order chi connectivity index (χ1) is 18.6. The molecule has 9 fully saturated rings. The van der Waals surface area contributed by atoms with Gasteiger partial charge in [0, 0.05) is 35.5 Å². The number of aliphatic hydroxyl groups is 1. The van der Waals surface area contributed by atoms with Crippen molar-refractivity contribution >= 4 is 23.5 Å². The number of hydrogen-bond donors (Lipinski definition) is 1. The minimum Gasteiger partial charge on any atom is -0.457 e. The second-order valence-electron chi connectivity index (χ2n) is 14.9. The van der Waals surface area contributed by atoms with E-state index in [9.17, 15) is 24.3 Å². The average molecular weight is 559 g/mol. The molecule has 0 aromatic carbocycles. The summed E-state index contributed by atoms with van der Waals surface area (Å²) in [5.41, 5.74) is -7.25. The smallest absolute Gasteiger partial charge is 0.341 e. The Labute approximate surface area is 230 Å². The summed E-state index contributed by atoms with van der Waals surface area (Å²) in [4.78, 5) is 54.6. The molecule has 4 spiro atoms. The Morgan fingerprint density at radius 2 is 1.70 bits per heavy atom. The van der Waals surface area contributed by atoms with Crippen LogP contribution in [-0.2, 0) is 47.6 Å². The van der Waals surface area contributed by atoms with Crippen molar-refractivity contribution in [3.05, 3.63) is 0 Å². The number of Topliss-reactive ketones (excluding diaryl/α,β-unsaturated/α-hetero) is 2. The fraction of sp³-hybridized carbons (Fsp3) is 0.862. The van der Waals surface area contributed by atoms with Gasteiger partial charge in [0.1, 0.15) is 35.3 Å². The molecule has 2 aliphatic carbocycles. The molecule has 7 aliphatic heterocycles. The Hall–Kier alpha value is -1.92. The summed E-state index contributed by atoms with van der Waals surface area (Å²) in [7, 11) is 0. The van der Waals surface area contributed by atoms with Gasteiger partial charge in [0.25, 0.3) is 0 Å². The van der Waals surface area contributed by atoms with Gasteiger partial charge in [0.2, 0.25) is 11.6 Å². The molecular weight excluding hydrogens is 524 g/mol. The molecule has 40 heavy (non-hydrogen) atoms. The van der Waals surface area contributed by atoms with Crippen LogP contribution in [-0.4, -0.2) is 86.8 Å². The molecule has 11 nitrogen and oxygen atoms in total. The second-order valence-corrected chi connectivity index (χ2v) is 14.9. The minimum atomic E-state index is -2.03. The molecule has 11 heteroatoms. The van der Waals surface area contributed by atoms with Gasteiger partial charge in [-0.05, 0) is 40.0 Å². The summed E-state index contributed by atoms with van der Waals surface area (Å²) in [6, 6.07) is 0. The lowest BCUT2D eigenvalue weighted by Gasteiger charge is -2.50. The summed E-state index contributed by atoms with van der Waals surface area (Å²) in [6.45, 7) is 8.95. The van der Waals surface area contributed by atoms with Gasteiger partial charge in [-0.15, -0.1) is 0 Å². The average Bonchev–Trinajstić information content (AvgIpc) is 3.33. The van der Waals surface area contributed by atoms with E-state index in [0.717, 1.165) is 0 Å². The number of esters is 2. The maximum atomic E-state index is 15.0. The van der Waals surface area contributed by atoms with Crippen LogP contribution in [0.25, 0.3) is 0 Å². The standard InChI is InChI=1S/C29H34O11/c1-11-16-17-20(25(5,34)22(33)35-17)39-29-18(16)24(4,19(11)31)6-7-26(40-29)10-27-12(8-14-28(26,37-14)21(29)32)23(2,3)36-13(27)9-15(30)38-27/h11-14,16-18,20,34H,6-10H2,1-5H3/t11-,12-,13+,14-,16+,17+,18-,20-,24-,25+,26-,27+,28+,29-/m0/s1. The number of rotatable bonds is 0. The van der Waals surface area contributed by atoms with E-state index in [0.29, 0.717) is 19.3 Å². The minimum absolute atomic E-state index is 0.0310. The highest BCUT2D eigenvalue weighted by molar-refractivity contribution is 6.03. The molecule has 14 atom stereocenters. The van der Waals surface area contributed by atoms with E-state index in [-0.39, 0.29) is 30.5 Å². The summed E-state index contributed by atoms with van der Waals surface area (Å²) < 4.78 is 38.4. The van der Waals surface area contributed by atoms with Crippen LogP contribution in [0.2, 0.25) is 0 Å². The van der Waals surface area contributed by atoms with Crippen LogP contribution in [0.15, 0.2) is 0 Å². The number of hydrogen-bond acceptors (Lipinski definition) is 11. The third-order valence-electron chi connectivity index (χ3n) is 12.8. The van der Waals surface area contributed by atoms with Crippen LogP contribution in [0.4, 0.5) is 0 Å². The van der Waals surface area contributed by atoms with Crippen molar-refractivity contribution in [3.63, 3.8) is 0 Å². The summed E-state index contributed by atoms with van der Waals surface area (Å²) in [5.74, 6) is -5.63. The number of carbonyl (C=O) groups excluding carboxylic acids is 4. The van der Waals surface area contributed by atoms with Crippen LogP contribution in [0.5, 0.6) is 0 Å². The van der Waals surface area contributed by atoms with Crippen LogP contribution < -0.4 is 0 Å². The van der Waals surface area contributed by atoms with Crippen molar-refractivity contribution in [1.29, 1.82) is 0 Å². The van der Waals surface area contributed by atoms with Crippen molar-refractivity contribution in [2.24, 2.45) is 29.1 Å². The predicted octanol–water partition coefficient (Wildman–Crippen LogP) is 0.758. The molecule has 0 aromatic heterocycles. The normalized spacial score (nSPS) is 63.2. The first-order valence-corrected chi connectivity index (χ1v) is 14.6. The SMILES string of the molecule is C[C@@H]1C(=O)[C@@]2(C)CC[C@]34C[C@]56OC(=O)C[C@H]5OC(C)(C)[C@@H]6C[C@@H]5O[C@@]53C(=O)[C@@]3(O[C@H]5[C@H](OC(=O)[C@]5(C)O)[C@@H]1[C@H]32)O4. The van der Waals surface area contributed by atoms with Crippen LogP contribution in [0.1, 0.15) is 66.7 Å². The molecule has 1 N–H and O–H groups in total. The van der Waals surface area contributed by atoms with Crippen LogP contribution >= 0.6 is 0 Å². The molecule has 2 bridgehead atoms. The van der Waals surface area contributed by atoms with Crippen LogP contribution in [0, 0.1) is 29.1 Å². The van der Waals surface area contributed by atoms with E-state index >= 15 is 0 Å². The maximum Gasteiger partial charge on any atom is 0.341 e. The lowest BCUT2D eigenvalue weighted by molar-refractivity contribution is -0.339. The molecular formula is C29H34O11. The largest absolute Gasteiger partial charge is 0.457 e. The van der Waals surface area contributed by atoms with E-state index in [1.807, 2.05) is 20.8 Å². The summed E-state index contributed by atoms with van der Waals surface area (Å²) in [6.07, 6.45) is -1.64. The van der Waals surface area contributed by atoms with Gasteiger partial charge in [-0.2, -0.15) is 0 Å². The number of ether oxygens (including phenoxy) is 6. The van der Waals surface area contributed by atoms with Crippen molar-refractivity contribution in [2.75, 3.05) is 0 Å². The zero-order valence-electron chi connectivity index (χ0n) is 23.2. The zero-order chi connectivity index (χ0) is 28.2. The molecule has 0 aromatic rings. The third kappa shape index (κ3) is 2.20. The topological polar surface area (TPSA) is 147 Å². The lowest BCUT2D eigenvalue weighted by atomic mass is 9.60. The summed E-state index contributed by atoms with van der Waals surface area (Å²) >= 11 is 0. The van der Waals surface area contributed by atoms with E-state index in [1.54, 1.807) is 6.92 Å². The van der Waals surface area contributed by atoms with E-state index in [2.05, 4.69) is 0 Å².